The summed E-state index contributed by atoms with van der Waals surface area (Å²) in [5.41, 5.74) is 12.0. The fraction of sp³-hybridized carbons (Fsp3) is 0.250. The largest absolute Gasteiger partial charge is 0.345 e. The van der Waals surface area contributed by atoms with E-state index in [1.807, 2.05) is 18.0 Å². The lowest BCUT2D eigenvalue weighted by Gasteiger charge is -2.25. The van der Waals surface area contributed by atoms with Gasteiger partial charge in [-0.1, -0.05) is 6.07 Å². The Kier molecular flexibility index (Phi) is 2.60. The van der Waals surface area contributed by atoms with Gasteiger partial charge in [0.1, 0.15) is 5.82 Å². The van der Waals surface area contributed by atoms with E-state index in [0.29, 0.717) is 0 Å². The molecule has 6 heteroatoms. The normalized spacial score (nSPS) is 17.3. The Hall–Kier alpha value is -1.21. The average Bonchev–Trinajstić information content (AvgIpc) is 2.69. The van der Waals surface area contributed by atoms with Crippen LogP contribution in [0.4, 0.5) is 10.1 Å². The first-order valence-corrected chi connectivity index (χ1v) is 4.27. The van der Waals surface area contributed by atoms with Crippen LogP contribution in [-0.2, 0) is 0 Å². The van der Waals surface area contributed by atoms with Crippen molar-refractivity contribution in [3.8, 4) is 0 Å². The second-order valence-electron chi connectivity index (χ2n) is 3.03. The summed E-state index contributed by atoms with van der Waals surface area (Å²) in [4.78, 5) is 1.86. The minimum absolute atomic E-state index is 0.114. The molecule has 0 atom stereocenters. The van der Waals surface area contributed by atoms with Crippen molar-refractivity contribution in [2.24, 2.45) is 0 Å². The predicted molar refractivity (Wildman–Crippen MR) is 51.1 cm³/mol. The summed E-state index contributed by atoms with van der Waals surface area (Å²) in [6.07, 6.45) is -0.114. The van der Waals surface area contributed by atoms with Crippen molar-refractivity contribution >= 4 is 5.69 Å². The number of nitrogens with one attached hydrogen (secondary N) is 4. The molecular weight excluding hydrogens is 185 g/mol. The van der Waals surface area contributed by atoms with E-state index >= 15 is 0 Å². The topological polar surface area (TPSA) is 51.4 Å². The number of benzene rings is 1. The van der Waals surface area contributed by atoms with Gasteiger partial charge < -0.3 is 4.90 Å². The summed E-state index contributed by atoms with van der Waals surface area (Å²) in [6.45, 7) is 0. The van der Waals surface area contributed by atoms with Gasteiger partial charge in [-0.25, -0.2) is 15.2 Å². The lowest BCUT2D eigenvalue weighted by molar-refractivity contribution is 0.515. The van der Waals surface area contributed by atoms with Crippen molar-refractivity contribution in [2.75, 3.05) is 11.9 Å². The van der Waals surface area contributed by atoms with Gasteiger partial charge in [0.2, 0.25) is 0 Å². The fourth-order valence-electron chi connectivity index (χ4n) is 1.28. The third kappa shape index (κ3) is 1.83. The predicted octanol–water partition coefficient (Wildman–Crippen LogP) is -0.338. The average molecular weight is 197 g/mol. The van der Waals surface area contributed by atoms with E-state index in [1.54, 1.807) is 6.07 Å². The van der Waals surface area contributed by atoms with E-state index in [-0.39, 0.29) is 12.1 Å². The van der Waals surface area contributed by atoms with Crippen molar-refractivity contribution in [1.29, 1.82) is 0 Å². The maximum Gasteiger partial charge on any atom is 0.162 e. The highest BCUT2D eigenvalue weighted by Crippen LogP contribution is 2.14. The van der Waals surface area contributed by atoms with Crippen molar-refractivity contribution in [3.05, 3.63) is 30.1 Å². The maximum atomic E-state index is 12.9. The van der Waals surface area contributed by atoms with Gasteiger partial charge in [-0.2, -0.15) is 11.1 Å². The SMILES string of the molecule is CN(c1cccc(F)c1)C1NNNN1. The molecular formula is C8H12FN5. The van der Waals surface area contributed by atoms with Gasteiger partial charge in [-0.15, -0.1) is 0 Å². The standard InChI is InChI=1S/C8H12FN5/c1-14(8-10-12-13-11-8)7-4-2-3-6(9)5-7/h2-5,8,10-13H,1H3. The quantitative estimate of drug-likeness (QED) is 0.523. The molecule has 2 rings (SSSR count). The third-order valence-electron chi connectivity index (χ3n) is 2.08. The minimum atomic E-state index is -0.242. The van der Waals surface area contributed by atoms with Gasteiger partial charge in [-0.3, -0.25) is 0 Å². The molecule has 1 saturated heterocycles. The zero-order valence-electron chi connectivity index (χ0n) is 7.71. The Labute approximate surface area is 81.2 Å². The van der Waals surface area contributed by atoms with Crippen LogP contribution in [0.2, 0.25) is 0 Å². The summed E-state index contributed by atoms with van der Waals surface area (Å²) in [5, 5.41) is 0. The van der Waals surface area contributed by atoms with Gasteiger partial charge in [-0.05, 0) is 18.2 Å². The van der Waals surface area contributed by atoms with Crippen LogP contribution in [0.1, 0.15) is 0 Å². The summed E-state index contributed by atoms with van der Waals surface area (Å²) in [6, 6.07) is 6.41. The zero-order chi connectivity index (χ0) is 9.97. The zero-order valence-corrected chi connectivity index (χ0v) is 7.71. The van der Waals surface area contributed by atoms with Gasteiger partial charge in [0, 0.05) is 12.7 Å². The molecule has 0 spiro atoms. The summed E-state index contributed by atoms with van der Waals surface area (Å²) < 4.78 is 12.9. The second-order valence-corrected chi connectivity index (χ2v) is 3.03. The van der Waals surface area contributed by atoms with Crippen LogP contribution in [0.25, 0.3) is 0 Å². The first-order chi connectivity index (χ1) is 6.77. The van der Waals surface area contributed by atoms with Crippen LogP contribution >= 0.6 is 0 Å². The lowest BCUT2D eigenvalue weighted by atomic mass is 10.3. The van der Waals surface area contributed by atoms with Crippen LogP contribution in [0, 0.1) is 5.82 Å². The molecule has 1 aromatic rings. The van der Waals surface area contributed by atoms with E-state index in [4.69, 9.17) is 0 Å². The Balaban J connectivity index is 2.13. The molecule has 1 aliphatic heterocycles. The Morgan fingerprint density at radius 1 is 1.29 bits per heavy atom. The Bertz CT molecular complexity index is 312. The van der Waals surface area contributed by atoms with E-state index in [0.717, 1.165) is 5.69 Å². The van der Waals surface area contributed by atoms with Crippen molar-refractivity contribution in [2.45, 2.75) is 6.29 Å². The van der Waals surface area contributed by atoms with Gasteiger partial charge >= 0.3 is 0 Å². The van der Waals surface area contributed by atoms with E-state index in [9.17, 15) is 4.39 Å². The van der Waals surface area contributed by atoms with Crippen LogP contribution in [0.3, 0.4) is 0 Å². The monoisotopic (exact) mass is 197 g/mol. The number of hydrogen-bond acceptors (Lipinski definition) is 5. The van der Waals surface area contributed by atoms with E-state index in [1.165, 1.54) is 12.1 Å². The van der Waals surface area contributed by atoms with Gasteiger partial charge in [0.05, 0.1) is 0 Å². The number of rotatable bonds is 2. The Morgan fingerprint density at radius 3 is 2.64 bits per heavy atom. The van der Waals surface area contributed by atoms with Crippen molar-refractivity contribution in [1.82, 2.24) is 21.9 Å². The smallest absolute Gasteiger partial charge is 0.162 e. The fourth-order valence-corrected chi connectivity index (χ4v) is 1.28. The van der Waals surface area contributed by atoms with E-state index < -0.39 is 0 Å². The molecule has 0 unspecified atom stereocenters. The van der Waals surface area contributed by atoms with Gasteiger partial charge in [0.25, 0.3) is 0 Å². The molecule has 0 amide bonds. The summed E-state index contributed by atoms with van der Waals surface area (Å²) in [7, 11) is 1.86. The number of hydrazine groups is 3. The molecule has 0 radical (unpaired) electrons. The lowest BCUT2D eigenvalue weighted by Crippen LogP contribution is -2.48. The third-order valence-corrected chi connectivity index (χ3v) is 2.08. The Morgan fingerprint density at radius 2 is 2.00 bits per heavy atom. The summed E-state index contributed by atoms with van der Waals surface area (Å²) >= 11 is 0. The number of nitrogens with zero attached hydrogens (tertiary/aromatic N) is 1. The molecule has 14 heavy (non-hydrogen) atoms. The highest BCUT2D eigenvalue weighted by atomic mass is 19.1. The van der Waals surface area contributed by atoms with Crippen LogP contribution in [0.5, 0.6) is 0 Å². The molecule has 1 aromatic carbocycles. The minimum Gasteiger partial charge on any atom is -0.345 e. The number of hydrogen-bond donors (Lipinski definition) is 4. The molecule has 0 aromatic heterocycles. The van der Waals surface area contributed by atoms with Crippen LogP contribution in [0.15, 0.2) is 24.3 Å². The molecule has 4 N–H and O–H groups in total. The van der Waals surface area contributed by atoms with Crippen LogP contribution in [-0.4, -0.2) is 13.3 Å². The highest BCUT2D eigenvalue weighted by molar-refractivity contribution is 5.46. The molecule has 0 saturated carbocycles. The first kappa shape index (κ1) is 9.35. The van der Waals surface area contributed by atoms with Gasteiger partial charge in [0.15, 0.2) is 6.29 Å². The molecule has 5 nitrogen and oxygen atoms in total. The molecule has 0 bridgehead atoms. The van der Waals surface area contributed by atoms with Crippen molar-refractivity contribution in [3.63, 3.8) is 0 Å². The number of anilines is 1. The second kappa shape index (κ2) is 3.89. The number of halogens is 1. The first-order valence-electron chi connectivity index (χ1n) is 4.27. The highest BCUT2D eigenvalue weighted by Gasteiger charge is 2.17. The molecule has 76 valence electrons. The van der Waals surface area contributed by atoms with Crippen LogP contribution < -0.4 is 26.8 Å². The van der Waals surface area contributed by atoms with Crippen molar-refractivity contribution < 1.29 is 4.39 Å². The molecule has 1 heterocycles. The van der Waals surface area contributed by atoms with E-state index in [2.05, 4.69) is 21.9 Å². The molecule has 0 aliphatic carbocycles. The molecule has 1 fully saturated rings. The maximum absolute atomic E-state index is 12.9. The summed E-state index contributed by atoms with van der Waals surface area (Å²) in [5.74, 6) is -0.242. The molecule has 1 aliphatic rings.